The first kappa shape index (κ1) is 22.6. The van der Waals surface area contributed by atoms with E-state index in [1.165, 1.54) is 23.2 Å². The minimum absolute atomic E-state index is 0.0477. The number of aromatic nitrogens is 1. The molecule has 9 nitrogen and oxygen atoms in total. The molecule has 3 aromatic rings. The predicted molar refractivity (Wildman–Crippen MR) is 114 cm³/mol. The lowest BCUT2D eigenvalue weighted by Crippen LogP contribution is -2.43. The van der Waals surface area contributed by atoms with Crippen LogP contribution in [0.4, 0.5) is 4.39 Å². The van der Waals surface area contributed by atoms with Gasteiger partial charge in [0.05, 0.1) is 12.1 Å². The van der Waals surface area contributed by atoms with Gasteiger partial charge >= 0.3 is 5.97 Å². The Morgan fingerprint density at radius 3 is 2.38 bits per heavy atom. The van der Waals surface area contributed by atoms with Gasteiger partial charge in [-0.05, 0) is 41.8 Å². The van der Waals surface area contributed by atoms with Crippen LogP contribution in [0, 0.1) is 5.82 Å². The second-order valence-electron chi connectivity index (χ2n) is 7.26. The van der Waals surface area contributed by atoms with Crippen LogP contribution in [0.1, 0.15) is 31.8 Å². The third-order valence-corrected chi connectivity index (χ3v) is 4.74. The summed E-state index contributed by atoms with van der Waals surface area (Å²) < 4.78 is 13.2. The third-order valence-electron chi connectivity index (χ3n) is 4.74. The number of carboxylic acids is 1. The van der Waals surface area contributed by atoms with Gasteiger partial charge in [0.1, 0.15) is 16.9 Å². The molecular weight excluding hydrogens is 419 g/mol. The van der Waals surface area contributed by atoms with Crippen molar-refractivity contribution in [3.05, 3.63) is 70.7 Å². The van der Waals surface area contributed by atoms with Crippen molar-refractivity contribution in [2.24, 2.45) is 0 Å². The fourth-order valence-corrected chi connectivity index (χ4v) is 3.03. The van der Waals surface area contributed by atoms with E-state index in [1.54, 1.807) is 32.3 Å². The SMILES string of the molecule is CN(C)C(=O)CNNC(=O)c1cc(C(=O)O)c(O)c2ncc(Cc3ccc(F)cc3)cc12. The summed E-state index contributed by atoms with van der Waals surface area (Å²) in [6, 6.07) is 8.54. The maximum atomic E-state index is 13.2. The molecule has 0 bridgehead atoms. The van der Waals surface area contributed by atoms with Crippen molar-refractivity contribution >= 4 is 28.7 Å². The highest BCUT2D eigenvalue weighted by Gasteiger charge is 2.21. The normalized spacial score (nSPS) is 10.7. The van der Waals surface area contributed by atoms with Crippen LogP contribution in [0.3, 0.4) is 0 Å². The second kappa shape index (κ2) is 9.40. The molecule has 3 rings (SSSR count). The molecule has 0 spiro atoms. The first-order valence-electron chi connectivity index (χ1n) is 9.53. The molecule has 0 saturated carbocycles. The quantitative estimate of drug-likeness (QED) is 0.411. The van der Waals surface area contributed by atoms with Gasteiger partial charge in [-0.15, -0.1) is 0 Å². The number of nitrogens with one attached hydrogen (secondary N) is 2. The number of hydrogen-bond donors (Lipinski definition) is 4. The number of hydrogen-bond acceptors (Lipinski definition) is 6. The van der Waals surface area contributed by atoms with Gasteiger partial charge in [-0.3, -0.25) is 20.0 Å². The van der Waals surface area contributed by atoms with Gasteiger partial charge in [0.15, 0.2) is 5.75 Å². The summed E-state index contributed by atoms with van der Waals surface area (Å²) in [5.74, 6) is -3.34. The molecular formula is C22H21FN4O5. The van der Waals surface area contributed by atoms with Gasteiger partial charge in [0.2, 0.25) is 5.91 Å². The molecule has 0 aliphatic heterocycles. The van der Waals surface area contributed by atoms with E-state index in [1.807, 2.05) is 0 Å². The number of halogens is 1. The average Bonchev–Trinajstić information content (AvgIpc) is 2.75. The van der Waals surface area contributed by atoms with Crippen molar-refractivity contribution in [3.8, 4) is 5.75 Å². The smallest absolute Gasteiger partial charge is 0.339 e. The number of nitrogens with zero attached hydrogens (tertiary/aromatic N) is 2. The lowest BCUT2D eigenvalue weighted by molar-refractivity contribution is -0.127. The van der Waals surface area contributed by atoms with Crippen LogP contribution in [-0.2, 0) is 11.2 Å². The molecule has 32 heavy (non-hydrogen) atoms. The van der Waals surface area contributed by atoms with Crippen molar-refractivity contribution in [2.45, 2.75) is 6.42 Å². The Morgan fingerprint density at radius 2 is 1.75 bits per heavy atom. The fraction of sp³-hybridized carbons (Fsp3) is 0.182. The maximum Gasteiger partial charge on any atom is 0.339 e. The Bertz CT molecular complexity index is 1200. The largest absolute Gasteiger partial charge is 0.505 e. The number of carboxylic acid groups (broad SMARTS) is 1. The van der Waals surface area contributed by atoms with Crippen molar-refractivity contribution < 1.29 is 29.0 Å². The molecule has 0 atom stereocenters. The van der Waals surface area contributed by atoms with E-state index < -0.39 is 23.2 Å². The molecule has 2 aromatic carbocycles. The number of benzene rings is 2. The summed E-state index contributed by atoms with van der Waals surface area (Å²) in [5.41, 5.74) is 5.73. The summed E-state index contributed by atoms with van der Waals surface area (Å²) in [6.45, 7) is -0.172. The highest BCUT2D eigenvalue weighted by molar-refractivity contribution is 6.11. The summed E-state index contributed by atoms with van der Waals surface area (Å²) in [7, 11) is 3.12. The number of rotatable bonds is 7. The predicted octanol–water partition coefficient (Wildman–Crippen LogP) is 1.69. The summed E-state index contributed by atoms with van der Waals surface area (Å²) in [4.78, 5) is 41.5. The Kier molecular flexibility index (Phi) is 6.64. The van der Waals surface area contributed by atoms with E-state index in [9.17, 15) is 29.0 Å². The topological polar surface area (TPSA) is 132 Å². The number of phenols is 1. The molecule has 0 saturated heterocycles. The van der Waals surface area contributed by atoms with E-state index >= 15 is 0 Å². The van der Waals surface area contributed by atoms with Crippen molar-refractivity contribution in [2.75, 3.05) is 20.6 Å². The lowest BCUT2D eigenvalue weighted by atomic mass is 9.99. The molecule has 10 heteroatoms. The van der Waals surface area contributed by atoms with Gasteiger partial charge in [0.25, 0.3) is 5.91 Å². The zero-order chi connectivity index (χ0) is 23.4. The Balaban J connectivity index is 1.98. The molecule has 1 aromatic heterocycles. The minimum atomic E-state index is -1.42. The first-order valence-corrected chi connectivity index (χ1v) is 9.53. The standard InChI is InChI=1S/C22H21FN4O5/c1-27(2)18(28)11-25-26-21(30)16-9-17(22(31)32)20(29)19-15(16)8-13(10-24-19)7-12-3-5-14(23)6-4-12/h3-6,8-10,25,29H,7,11H2,1-2H3,(H,26,30)(H,31,32). The fourth-order valence-electron chi connectivity index (χ4n) is 3.03. The van der Waals surface area contributed by atoms with Gasteiger partial charge in [-0.2, -0.15) is 0 Å². The highest BCUT2D eigenvalue weighted by Crippen LogP contribution is 2.31. The monoisotopic (exact) mass is 440 g/mol. The average molecular weight is 440 g/mol. The molecule has 166 valence electrons. The number of aromatic carboxylic acids is 1. The van der Waals surface area contributed by atoms with Crippen molar-refractivity contribution in [3.63, 3.8) is 0 Å². The van der Waals surface area contributed by atoms with Gasteiger partial charge in [-0.25, -0.2) is 14.6 Å². The Morgan fingerprint density at radius 1 is 1.06 bits per heavy atom. The van der Waals surface area contributed by atoms with Crippen LogP contribution >= 0.6 is 0 Å². The number of likely N-dealkylation sites (N-methyl/N-ethyl adjacent to an activating group) is 1. The lowest BCUT2D eigenvalue weighted by Gasteiger charge is -2.14. The van der Waals surface area contributed by atoms with Crippen LogP contribution in [0.25, 0.3) is 10.9 Å². The van der Waals surface area contributed by atoms with E-state index in [0.717, 1.165) is 11.6 Å². The molecule has 1 heterocycles. The summed E-state index contributed by atoms with van der Waals surface area (Å²) in [6.07, 6.45) is 1.83. The maximum absolute atomic E-state index is 13.2. The summed E-state index contributed by atoms with van der Waals surface area (Å²) in [5, 5.41) is 20.0. The van der Waals surface area contributed by atoms with Crippen molar-refractivity contribution in [1.29, 1.82) is 0 Å². The number of pyridine rings is 1. The van der Waals surface area contributed by atoms with E-state index in [0.29, 0.717) is 12.0 Å². The zero-order valence-corrected chi connectivity index (χ0v) is 17.3. The van der Waals surface area contributed by atoms with E-state index in [-0.39, 0.29) is 34.7 Å². The van der Waals surface area contributed by atoms with Crippen LogP contribution in [0.15, 0.2) is 42.6 Å². The van der Waals surface area contributed by atoms with Crippen molar-refractivity contribution in [1.82, 2.24) is 20.7 Å². The minimum Gasteiger partial charge on any atom is -0.505 e. The van der Waals surface area contributed by atoms with E-state index in [4.69, 9.17) is 0 Å². The zero-order valence-electron chi connectivity index (χ0n) is 17.3. The molecule has 4 N–H and O–H groups in total. The molecule has 0 fully saturated rings. The van der Waals surface area contributed by atoms with E-state index in [2.05, 4.69) is 15.8 Å². The third kappa shape index (κ3) is 4.98. The van der Waals surface area contributed by atoms with Crippen LogP contribution in [-0.4, -0.2) is 58.5 Å². The Hall–Kier alpha value is -4.05. The highest BCUT2D eigenvalue weighted by atomic mass is 19.1. The number of hydrazine groups is 1. The second-order valence-corrected chi connectivity index (χ2v) is 7.26. The molecule has 0 aliphatic carbocycles. The van der Waals surface area contributed by atoms with Gasteiger partial charge in [0, 0.05) is 25.7 Å². The first-order chi connectivity index (χ1) is 15.2. The van der Waals surface area contributed by atoms with Gasteiger partial charge in [-0.1, -0.05) is 12.1 Å². The molecule has 0 unspecified atom stereocenters. The summed E-state index contributed by atoms with van der Waals surface area (Å²) >= 11 is 0. The molecule has 0 aliphatic rings. The van der Waals surface area contributed by atoms with Crippen LogP contribution in [0.5, 0.6) is 5.75 Å². The van der Waals surface area contributed by atoms with Crippen LogP contribution in [0.2, 0.25) is 0 Å². The number of fused-ring (bicyclic) bond motifs is 1. The number of aromatic hydroxyl groups is 1. The Labute approximate surface area is 182 Å². The number of carbonyl (C=O) groups is 3. The van der Waals surface area contributed by atoms with Gasteiger partial charge < -0.3 is 15.1 Å². The van der Waals surface area contributed by atoms with Crippen LogP contribution < -0.4 is 10.9 Å². The molecule has 2 amide bonds. The number of amides is 2. The molecule has 0 radical (unpaired) electrons. The number of carbonyl (C=O) groups excluding carboxylic acids is 2.